The summed E-state index contributed by atoms with van der Waals surface area (Å²) < 4.78 is 5.67. The number of aromatic nitrogens is 1. The zero-order valence-electron chi connectivity index (χ0n) is 41.7. The summed E-state index contributed by atoms with van der Waals surface area (Å²) in [5.41, 5.74) is 22.7. The first-order chi connectivity index (χ1) is 33.2. The highest BCUT2D eigenvalue weighted by atomic mass is 32.1. The zero-order chi connectivity index (χ0) is 46.7. The molecule has 7 aromatic carbocycles. The minimum absolute atomic E-state index is 0.0166. The Hall–Kier alpha value is -5.78. The zero-order valence-corrected chi connectivity index (χ0v) is 42.6. The van der Waals surface area contributed by atoms with Crippen LogP contribution >= 0.6 is 11.3 Å². The maximum absolute atomic E-state index is 2.97. The number of nitrogens with zero attached hydrogens (tertiary/aromatic N) is 3. The van der Waals surface area contributed by atoms with Gasteiger partial charge in [0.2, 0.25) is 0 Å². The molecular weight excluding hydrogens is 854 g/mol. The maximum atomic E-state index is 2.97. The molecule has 2 unspecified atom stereocenters. The molecule has 342 valence electrons. The van der Waals surface area contributed by atoms with E-state index >= 15 is 0 Å². The van der Waals surface area contributed by atoms with Gasteiger partial charge in [-0.05, 0) is 140 Å². The smallest absolute Gasteiger partial charge is 0.264 e. The monoisotopic (exact) mass is 915 g/mol. The molecule has 5 heteroatoms. The molecule has 15 rings (SSSR count). The predicted molar refractivity (Wildman–Crippen MR) is 298 cm³/mol. The second kappa shape index (κ2) is 13.5. The van der Waals surface area contributed by atoms with Gasteiger partial charge in [0, 0.05) is 54.2 Å². The fraction of sp³-hybridized carbons (Fsp3) is 0.344. The van der Waals surface area contributed by atoms with Crippen molar-refractivity contribution in [3.05, 3.63) is 132 Å². The summed E-state index contributed by atoms with van der Waals surface area (Å²) in [7, 11) is 0. The Morgan fingerprint density at radius 1 is 0.594 bits per heavy atom. The van der Waals surface area contributed by atoms with Crippen molar-refractivity contribution in [1.29, 1.82) is 0 Å². The molecule has 2 atom stereocenters. The molecule has 0 N–H and O–H groups in total. The van der Waals surface area contributed by atoms with E-state index in [1.165, 1.54) is 162 Å². The standard InChI is InChI=1S/C64H62BN3S/c1-61(2,3)38-28-29-53-46(32-38)58-60(69-53)65-48-34-39(62(4,5)6)33-47-59(48)68(64(8)31-13-12-30-63(47,64)7)52-36-41(35-51(57(52)65)67(58)40-20-10-9-11-21-40)66-49-26-16-24-44-42-22-14-18-37-19-15-23-43(54(37)42)45-25-17-27-50(66)56(45)55(44)49/h14-19,22-29,32-36,40H,9-13,20-21,30-31H2,1-8H3. The van der Waals surface area contributed by atoms with Crippen molar-refractivity contribution in [2.75, 3.05) is 9.80 Å². The minimum Gasteiger partial charge on any atom is -0.338 e. The molecule has 6 aliphatic rings. The van der Waals surface area contributed by atoms with Gasteiger partial charge >= 0.3 is 0 Å². The van der Waals surface area contributed by atoms with E-state index in [1.54, 1.807) is 21.3 Å². The molecule has 0 radical (unpaired) electrons. The van der Waals surface area contributed by atoms with Crippen LogP contribution in [0.25, 0.3) is 70.6 Å². The molecule has 3 aliphatic carbocycles. The van der Waals surface area contributed by atoms with Crippen molar-refractivity contribution >= 4 is 99.2 Å². The molecule has 0 spiro atoms. The van der Waals surface area contributed by atoms with E-state index in [4.69, 9.17) is 0 Å². The van der Waals surface area contributed by atoms with Crippen LogP contribution in [0.3, 0.4) is 0 Å². The highest BCUT2D eigenvalue weighted by Crippen LogP contribution is 2.63. The maximum Gasteiger partial charge on any atom is 0.264 e. The van der Waals surface area contributed by atoms with Crippen LogP contribution in [-0.2, 0) is 16.2 Å². The van der Waals surface area contributed by atoms with Gasteiger partial charge in [0.25, 0.3) is 6.71 Å². The average molecular weight is 916 g/mol. The number of rotatable bonds is 2. The number of fused-ring (bicyclic) bond motifs is 11. The fourth-order valence-electron chi connectivity index (χ4n) is 15.2. The van der Waals surface area contributed by atoms with E-state index in [0.29, 0.717) is 6.04 Å². The number of hydrogen-bond acceptors (Lipinski definition) is 3. The molecule has 3 nitrogen and oxygen atoms in total. The Balaban J connectivity index is 1.10. The third kappa shape index (κ3) is 5.16. The minimum atomic E-state index is -0.0711. The van der Waals surface area contributed by atoms with Crippen molar-refractivity contribution in [2.24, 2.45) is 0 Å². The van der Waals surface area contributed by atoms with Crippen molar-refractivity contribution in [1.82, 2.24) is 4.57 Å². The Morgan fingerprint density at radius 3 is 1.88 bits per heavy atom. The molecule has 2 saturated carbocycles. The Bertz CT molecular complexity index is 3660. The summed E-state index contributed by atoms with van der Waals surface area (Å²) in [4.78, 5) is 5.93. The van der Waals surface area contributed by atoms with E-state index in [-0.39, 0.29) is 28.5 Å². The lowest BCUT2D eigenvalue weighted by molar-refractivity contribution is 0.195. The van der Waals surface area contributed by atoms with Crippen LogP contribution in [-0.4, -0.2) is 22.9 Å². The van der Waals surface area contributed by atoms with Crippen LogP contribution in [0, 0.1) is 0 Å². The topological polar surface area (TPSA) is 11.4 Å². The number of benzene rings is 7. The van der Waals surface area contributed by atoms with Gasteiger partial charge in [-0.25, -0.2) is 0 Å². The van der Waals surface area contributed by atoms with Crippen molar-refractivity contribution < 1.29 is 0 Å². The fourth-order valence-corrected chi connectivity index (χ4v) is 16.5. The summed E-state index contributed by atoms with van der Waals surface area (Å²) in [6, 6.07) is 46.8. The Kier molecular flexibility index (Phi) is 8.06. The highest BCUT2D eigenvalue weighted by Gasteiger charge is 2.62. The summed E-state index contributed by atoms with van der Waals surface area (Å²) >= 11 is 2.10. The lowest BCUT2D eigenvalue weighted by atomic mass is 9.36. The molecule has 0 bridgehead atoms. The number of anilines is 4. The molecular formula is C64H62BN3S. The first kappa shape index (κ1) is 41.0. The lowest BCUT2D eigenvalue weighted by Gasteiger charge is -2.53. The Labute approximate surface area is 412 Å². The van der Waals surface area contributed by atoms with E-state index in [2.05, 4.69) is 196 Å². The SMILES string of the molecule is CC(C)(C)c1cc2c3c(c1)C1(C)CCCCC1(C)N3c1cc(-n3c4cccc5c4c4c(cccc43)-c3cccc4cccc-5c34)cc3c1B2c1sc2ccc(C(C)(C)C)cc2c1N3C1CCCCC1. The average Bonchev–Trinajstić information content (AvgIpc) is 3.93. The first-order valence-corrected chi connectivity index (χ1v) is 27.2. The normalized spacial score (nSPS) is 21.4. The largest absolute Gasteiger partial charge is 0.338 e. The first-order valence-electron chi connectivity index (χ1n) is 26.4. The predicted octanol–water partition coefficient (Wildman–Crippen LogP) is 15.7. The van der Waals surface area contributed by atoms with Crippen molar-refractivity contribution in [3.63, 3.8) is 0 Å². The highest BCUT2D eigenvalue weighted by molar-refractivity contribution is 7.33. The van der Waals surface area contributed by atoms with Crippen molar-refractivity contribution in [2.45, 2.75) is 141 Å². The third-order valence-electron chi connectivity index (χ3n) is 18.9. The summed E-state index contributed by atoms with van der Waals surface area (Å²) in [5.74, 6) is 0. The van der Waals surface area contributed by atoms with Gasteiger partial charge in [-0.2, -0.15) is 0 Å². The van der Waals surface area contributed by atoms with Crippen molar-refractivity contribution in [3.8, 4) is 27.9 Å². The number of thiophene rings is 1. The van der Waals surface area contributed by atoms with Gasteiger partial charge in [-0.1, -0.05) is 159 Å². The number of hydrogen-bond donors (Lipinski definition) is 0. The molecule has 2 fully saturated rings. The van der Waals surface area contributed by atoms with E-state index in [1.807, 2.05) is 0 Å². The van der Waals surface area contributed by atoms with Gasteiger partial charge in [-0.15, -0.1) is 11.3 Å². The van der Waals surface area contributed by atoms with Crippen LogP contribution in [0.4, 0.5) is 22.7 Å². The van der Waals surface area contributed by atoms with Crippen LogP contribution in [0.1, 0.15) is 130 Å². The van der Waals surface area contributed by atoms with Crippen LogP contribution in [0.2, 0.25) is 0 Å². The van der Waals surface area contributed by atoms with Crippen LogP contribution < -0.4 is 25.5 Å². The van der Waals surface area contributed by atoms with Crippen LogP contribution in [0.15, 0.2) is 115 Å². The van der Waals surface area contributed by atoms with E-state index in [9.17, 15) is 0 Å². The summed E-state index contributed by atoms with van der Waals surface area (Å²) in [5, 5.41) is 6.87. The second-order valence-corrected chi connectivity index (χ2v) is 25.7. The summed E-state index contributed by atoms with van der Waals surface area (Å²) in [6.45, 7) is 20.0. The molecule has 9 aromatic rings. The summed E-state index contributed by atoms with van der Waals surface area (Å²) in [6.07, 6.45) is 11.3. The molecule has 69 heavy (non-hydrogen) atoms. The molecule has 0 saturated heterocycles. The molecule has 2 aromatic heterocycles. The Morgan fingerprint density at radius 2 is 1.22 bits per heavy atom. The van der Waals surface area contributed by atoms with Gasteiger partial charge in [-0.3, -0.25) is 0 Å². The van der Waals surface area contributed by atoms with Gasteiger partial charge in [0.15, 0.2) is 0 Å². The third-order valence-corrected chi connectivity index (χ3v) is 20.1. The van der Waals surface area contributed by atoms with Crippen LogP contribution in [0.5, 0.6) is 0 Å². The molecule has 0 amide bonds. The molecule has 3 aliphatic heterocycles. The van der Waals surface area contributed by atoms with Gasteiger partial charge < -0.3 is 14.4 Å². The van der Waals surface area contributed by atoms with E-state index in [0.717, 1.165) is 0 Å². The van der Waals surface area contributed by atoms with Gasteiger partial charge in [0.1, 0.15) is 0 Å². The quantitative estimate of drug-likeness (QED) is 0.160. The van der Waals surface area contributed by atoms with E-state index < -0.39 is 0 Å². The van der Waals surface area contributed by atoms with Gasteiger partial charge in [0.05, 0.1) is 27.9 Å². The lowest BCUT2D eigenvalue weighted by Crippen LogP contribution is -2.65. The second-order valence-electron chi connectivity index (χ2n) is 24.6. The molecule has 5 heterocycles.